The molecule has 0 aliphatic rings. The number of rotatable bonds is 7. The Morgan fingerprint density at radius 2 is 2.00 bits per heavy atom. The van der Waals surface area contributed by atoms with Crippen LogP contribution in [0.1, 0.15) is 17.5 Å². The second kappa shape index (κ2) is 7.90. The topological polar surface area (TPSA) is 79.2 Å². The molecule has 0 aromatic heterocycles. The molecule has 0 heterocycles. The van der Waals surface area contributed by atoms with E-state index >= 15 is 0 Å². The molecule has 0 bridgehead atoms. The van der Waals surface area contributed by atoms with Crippen LogP contribution in [0.2, 0.25) is 0 Å². The van der Waals surface area contributed by atoms with Gasteiger partial charge in [0, 0.05) is 6.54 Å². The normalized spacial score (nSPS) is 11.0. The molecule has 126 valence electrons. The smallest absolute Gasteiger partial charge is 0.240 e. The number of aryl methyl sites for hydroxylation is 1. The van der Waals surface area contributed by atoms with Crippen molar-refractivity contribution >= 4 is 10.0 Å². The Kier molecular flexibility index (Phi) is 5.90. The molecule has 2 rings (SSSR count). The van der Waals surface area contributed by atoms with Crippen molar-refractivity contribution in [1.29, 1.82) is 5.26 Å². The first kappa shape index (κ1) is 17.9. The van der Waals surface area contributed by atoms with Crippen molar-refractivity contribution in [2.24, 2.45) is 0 Å². The summed E-state index contributed by atoms with van der Waals surface area (Å²) in [5.41, 5.74) is 0.694. The van der Waals surface area contributed by atoms with Gasteiger partial charge in [0.05, 0.1) is 17.6 Å². The molecule has 0 spiro atoms. The number of nitrogens with zero attached hydrogens (tertiary/aromatic N) is 1. The molecule has 0 aliphatic heterocycles. The van der Waals surface area contributed by atoms with Gasteiger partial charge in [-0.1, -0.05) is 18.2 Å². The lowest BCUT2D eigenvalue weighted by atomic mass is 10.1. The van der Waals surface area contributed by atoms with Gasteiger partial charge < -0.3 is 4.74 Å². The van der Waals surface area contributed by atoms with Gasteiger partial charge in [0.2, 0.25) is 10.0 Å². The van der Waals surface area contributed by atoms with Crippen molar-refractivity contribution in [2.45, 2.75) is 17.7 Å². The Bertz CT molecular complexity index is 860. The molecule has 0 saturated carbocycles. The summed E-state index contributed by atoms with van der Waals surface area (Å²) in [5, 5.41) is 9.03. The Labute approximate surface area is 140 Å². The quantitative estimate of drug-likeness (QED) is 0.780. The molecule has 2 aromatic rings. The van der Waals surface area contributed by atoms with Crippen LogP contribution in [0.3, 0.4) is 0 Å². The zero-order valence-corrected chi connectivity index (χ0v) is 13.9. The van der Waals surface area contributed by atoms with Crippen molar-refractivity contribution in [3.05, 3.63) is 59.4 Å². The number of hydrogen-bond donors (Lipinski definition) is 1. The second-order valence-corrected chi connectivity index (χ2v) is 6.83. The molecule has 0 amide bonds. The van der Waals surface area contributed by atoms with Crippen LogP contribution in [0.5, 0.6) is 5.75 Å². The van der Waals surface area contributed by atoms with E-state index in [1.807, 2.05) is 6.07 Å². The van der Waals surface area contributed by atoms with Crippen LogP contribution in [-0.4, -0.2) is 22.1 Å². The number of ether oxygens (including phenoxy) is 1. The molecule has 5 nitrogen and oxygen atoms in total. The summed E-state index contributed by atoms with van der Waals surface area (Å²) in [6, 6.07) is 12.4. The van der Waals surface area contributed by atoms with E-state index in [1.165, 1.54) is 31.4 Å². The van der Waals surface area contributed by atoms with E-state index in [4.69, 9.17) is 10.00 Å². The van der Waals surface area contributed by atoms with Crippen LogP contribution in [0, 0.1) is 17.1 Å². The number of sulfonamides is 1. The molecule has 0 atom stereocenters. The first-order valence-corrected chi connectivity index (χ1v) is 8.77. The molecule has 0 unspecified atom stereocenters. The summed E-state index contributed by atoms with van der Waals surface area (Å²) in [6.45, 7) is 0.171. The van der Waals surface area contributed by atoms with Crippen molar-refractivity contribution in [1.82, 2.24) is 4.72 Å². The highest BCUT2D eigenvalue weighted by molar-refractivity contribution is 7.89. The zero-order valence-electron chi connectivity index (χ0n) is 13.1. The fraction of sp³-hybridized carbons (Fsp3) is 0.235. The Morgan fingerprint density at radius 1 is 1.25 bits per heavy atom. The Balaban J connectivity index is 1.99. The maximum absolute atomic E-state index is 13.5. The highest BCUT2D eigenvalue weighted by atomic mass is 32.2. The molecular weight excluding hydrogens is 331 g/mol. The summed E-state index contributed by atoms with van der Waals surface area (Å²) in [5.74, 6) is 0.0187. The number of halogens is 1. The van der Waals surface area contributed by atoms with E-state index in [0.29, 0.717) is 24.2 Å². The van der Waals surface area contributed by atoms with E-state index in [1.54, 1.807) is 18.2 Å². The molecule has 2 aromatic carbocycles. The van der Waals surface area contributed by atoms with Crippen molar-refractivity contribution in [2.75, 3.05) is 13.7 Å². The fourth-order valence-electron chi connectivity index (χ4n) is 2.21. The molecule has 24 heavy (non-hydrogen) atoms. The number of hydrogen-bond acceptors (Lipinski definition) is 4. The summed E-state index contributed by atoms with van der Waals surface area (Å²) in [6.07, 6.45) is 0.892. The lowest BCUT2D eigenvalue weighted by Crippen LogP contribution is -2.25. The van der Waals surface area contributed by atoms with Gasteiger partial charge in [-0.25, -0.2) is 17.5 Å². The van der Waals surface area contributed by atoms with Gasteiger partial charge in [-0.2, -0.15) is 5.26 Å². The maximum atomic E-state index is 13.5. The third-order valence-electron chi connectivity index (χ3n) is 3.47. The van der Waals surface area contributed by atoms with Gasteiger partial charge in [-0.15, -0.1) is 0 Å². The molecule has 1 N–H and O–H groups in total. The minimum atomic E-state index is -3.73. The van der Waals surface area contributed by atoms with Crippen LogP contribution >= 0.6 is 0 Å². The third kappa shape index (κ3) is 4.31. The average molecular weight is 348 g/mol. The molecule has 0 fully saturated rings. The van der Waals surface area contributed by atoms with E-state index in [-0.39, 0.29) is 22.8 Å². The second-order valence-electron chi connectivity index (χ2n) is 5.07. The molecule has 0 radical (unpaired) electrons. The van der Waals surface area contributed by atoms with Crippen LogP contribution in [0.25, 0.3) is 0 Å². The molecule has 0 saturated heterocycles. The largest absolute Gasteiger partial charge is 0.495 e. The molecule has 7 heteroatoms. The van der Waals surface area contributed by atoms with Crippen molar-refractivity contribution < 1.29 is 17.5 Å². The first-order valence-electron chi connectivity index (χ1n) is 7.29. The first-order chi connectivity index (χ1) is 11.5. The van der Waals surface area contributed by atoms with E-state index in [9.17, 15) is 12.8 Å². The predicted octanol–water partition coefficient (Wildman–Crippen LogP) is 2.62. The van der Waals surface area contributed by atoms with Crippen LogP contribution in [-0.2, 0) is 16.4 Å². The van der Waals surface area contributed by atoms with Gasteiger partial charge in [0.1, 0.15) is 17.6 Å². The number of nitriles is 1. The van der Waals surface area contributed by atoms with Gasteiger partial charge in [-0.05, 0) is 42.7 Å². The van der Waals surface area contributed by atoms with E-state index < -0.39 is 10.0 Å². The highest BCUT2D eigenvalue weighted by Gasteiger charge is 2.16. The standard InChI is InChI=1S/C17H17FN2O3S/c1-23-17-9-8-15(11-14(17)12-19)24(21,22)20-10-4-6-13-5-2-3-7-16(13)18/h2-3,5,7-9,11,20H,4,6,10H2,1H3. The predicted molar refractivity (Wildman–Crippen MR) is 87.6 cm³/mol. The lowest BCUT2D eigenvalue weighted by Gasteiger charge is -2.09. The van der Waals surface area contributed by atoms with Gasteiger partial charge in [0.15, 0.2) is 0 Å². The highest BCUT2D eigenvalue weighted by Crippen LogP contribution is 2.21. The zero-order chi connectivity index (χ0) is 17.6. The fourth-order valence-corrected chi connectivity index (χ4v) is 3.31. The molecular formula is C17H17FN2O3S. The van der Waals surface area contributed by atoms with Gasteiger partial charge in [0.25, 0.3) is 0 Å². The number of methoxy groups -OCH3 is 1. The monoisotopic (exact) mass is 348 g/mol. The van der Waals surface area contributed by atoms with E-state index in [2.05, 4.69) is 4.72 Å². The van der Waals surface area contributed by atoms with Crippen molar-refractivity contribution in [3.8, 4) is 11.8 Å². The maximum Gasteiger partial charge on any atom is 0.240 e. The summed E-state index contributed by atoms with van der Waals surface area (Å²) < 4.78 is 45.4. The average Bonchev–Trinajstić information content (AvgIpc) is 2.59. The minimum absolute atomic E-state index is 0.00857. The van der Waals surface area contributed by atoms with Crippen molar-refractivity contribution in [3.63, 3.8) is 0 Å². The van der Waals surface area contributed by atoms with Gasteiger partial charge in [-0.3, -0.25) is 0 Å². The van der Waals surface area contributed by atoms with Crippen LogP contribution in [0.4, 0.5) is 4.39 Å². The minimum Gasteiger partial charge on any atom is -0.495 e. The molecule has 0 aliphatic carbocycles. The van der Waals surface area contributed by atoms with Crippen LogP contribution in [0.15, 0.2) is 47.4 Å². The Morgan fingerprint density at radius 3 is 2.67 bits per heavy atom. The lowest BCUT2D eigenvalue weighted by molar-refractivity contribution is 0.413. The Hall–Kier alpha value is -2.43. The third-order valence-corrected chi connectivity index (χ3v) is 4.93. The van der Waals surface area contributed by atoms with Crippen LogP contribution < -0.4 is 9.46 Å². The number of benzene rings is 2. The van der Waals surface area contributed by atoms with E-state index in [0.717, 1.165) is 0 Å². The van der Waals surface area contributed by atoms with Gasteiger partial charge >= 0.3 is 0 Å². The summed E-state index contributed by atoms with van der Waals surface area (Å²) in [4.78, 5) is -0.00857. The number of nitrogens with one attached hydrogen (secondary N) is 1. The SMILES string of the molecule is COc1ccc(S(=O)(=O)NCCCc2ccccc2F)cc1C#N. The summed E-state index contributed by atoms with van der Waals surface area (Å²) in [7, 11) is -2.32. The summed E-state index contributed by atoms with van der Waals surface area (Å²) >= 11 is 0.